The van der Waals surface area contributed by atoms with Crippen molar-refractivity contribution >= 4 is 27.5 Å². The summed E-state index contributed by atoms with van der Waals surface area (Å²) in [6.07, 6.45) is 4.70. The number of hydrogen-bond donors (Lipinski definition) is 1. The highest BCUT2D eigenvalue weighted by molar-refractivity contribution is 9.10. The Bertz CT molecular complexity index is 915. The molecule has 0 radical (unpaired) electrons. The van der Waals surface area contributed by atoms with Crippen LogP contribution in [0.25, 0.3) is 0 Å². The standard InChI is InChI=1S/C21H20BrN3O/c1-14-23-10-11-25(14)13-15-2-8-18(9-3-15)24-21(26)20-12-19(20)16-4-6-17(22)7-5-16/h2-11,19-20H,12-13H2,1H3,(H,24,26). The molecule has 1 saturated carbocycles. The number of aryl methyl sites for hydroxylation is 1. The first kappa shape index (κ1) is 17.0. The average molecular weight is 410 g/mol. The van der Waals surface area contributed by atoms with E-state index in [-0.39, 0.29) is 11.8 Å². The summed E-state index contributed by atoms with van der Waals surface area (Å²) < 4.78 is 3.16. The largest absolute Gasteiger partial charge is 0.331 e. The molecule has 1 N–H and O–H groups in total. The molecule has 1 aliphatic rings. The Morgan fingerprint density at radius 1 is 1.19 bits per heavy atom. The van der Waals surface area contributed by atoms with Crippen LogP contribution in [-0.2, 0) is 11.3 Å². The number of imidazole rings is 1. The molecule has 0 aliphatic heterocycles. The van der Waals surface area contributed by atoms with E-state index in [9.17, 15) is 4.79 Å². The van der Waals surface area contributed by atoms with Crippen LogP contribution in [0, 0.1) is 12.8 Å². The highest BCUT2D eigenvalue weighted by atomic mass is 79.9. The number of carbonyl (C=O) groups excluding carboxylic acids is 1. The highest BCUT2D eigenvalue weighted by Gasteiger charge is 2.43. The highest BCUT2D eigenvalue weighted by Crippen LogP contribution is 2.48. The van der Waals surface area contributed by atoms with Crippen molar-refractivity contribution in [1.82, 2.24) is 9.55 Å². The number of hydrogen-bond acceptors (Lipinski definition) is 2. The number of rotatable bonds is 5. The van der Waals surface area contributed by atoms with Crippen LogP contribution in [0.2, 0.25) is 0 Å². The third-order valence-electron chi connectivity index (χ3n) is 4.92. The second kappa shape index (κ2) is 7.08. The number of benzene rings is 2. The van der Waals surface area contributed by atoms with Gasteiger partial charge >= 0.3 is 0 Å². The topological polar surface area (TPSA) is 46.9 Å². The molecule has 2 atom stereocenters. The van der Waals surface area contributed by atoms with E-state index in [1.165, 1.54) is 11.1 Å². The van der Waals surface area contributed by atoms with Crippen molar-refractivity contribution in [3.05, 3.63) is 82.3 Å². The van der Waals surface area contributed by atoms with E-state index < -0.39 is 0 Å². The van der Waals surface area contributed by atoms with Gasteiger partial charge in [0.05, 0.1) is 0 Å². The van der Waals surface area contributed by atoms with Crippen LogP contribution in [0.4, 0.5) is 5.69 Å². The van der Waals surface area contributed by atoms with Gasteiger partial charge in [0.15, 0.2) is 0 Å². The number of anilines is 1. The van der Waals surface area contributed by atoms with E-state index in [0.717, 1.165) is 29.0 Å². The molecule has 0 spiro atoms. The van der Waals surface area contributed by atoms with Crippen LogP contribution in [-0.4, -0.2) is 15.5 Å². The SMILES string of the molecule is Cc1nccn1Cc1ccc(NC(=O)C2CC2c2ccc(Br)cc2)cc1. The quantitative estimate of drug-likeness (QED) is 0.660. The summed E-state index contributed by atoms with van der Waals surface area (Å²) in [5.74, 6) is 1.52. The Kier molecular flexibility index (Phi) is 4.64. The summed E-state index contributed by atoms with van der Waals surface area (Å²) in [5.41, 5.74) is 3.27. The predicted octanol–water partition coefficient (Wildman–Crippen LogP) is 4.74. The zero-order valence-electron chi connectivity index (χ0n) is 14.5. The van der Waals surface area contributed by atoms with Crippen molar-refractivity contribution in [2.24, 2.45) is 5.92 Å². The van der Waals surface area contributed by atoms with E-state index in [4.69, 9.17) is 0 Å². The lowest BCUT2D eigenvalue weighted by Gasteiger charge is -2.08. The number of nitrogens with zero attached hydrogens (tertiary/aromatic N) is 2. The number of halogens is 1. The molecule has 2 aromatic carbocycles. The molecule has 1 aliphatic carbocycles. The number of amides is 1. The molecule has 5 heteroatoms. The number of carbonyl (C=O) groups is 1. The van der Waals surface area contributed by atoms with Crippen molar-refractivity contribution in [2.75, 3.05) is 5.32 Å². The molecule has 1 heterocycles. The Balaban J connectivity index is 1.35. The van der Waals surface area contributed by atoms with Crippen LogP contribution in [0.1, 0.15) is 29.3 Å². The Morgan fingerprint density at radius 2 is 1.92 bits per heavy atom. The minimum atomic E-state index is 0.0736. The molecule has 0 bridgehead atoms. The average Bonchev–Trinajstić information content (AvgIpc) is 3.35. The van der Waals surface area contributed by atoms with Gasteiger partial charge in [0.25, 0.3) is 0 Å². The van der Waals surface area contributed by atoms with Crippen LogP contribution in [0.5, 0.6) is 0 Å². The second-order valence-corrected chi connectivity index (χ2v) is 7.70. The maximum atomic E-state index is 12.5. The lowest BCUT2D eigenvalue weighted by atomic mass is 10.1. The summed E-state index contributed by atoms with van der Waals surface area (Å²) in [4.78, 5) is 16.7. The molecule has 132 valence electrons. The summed E-state index contributed by atoms with van der Waals surface area (Å²) in [5, 5.41) is 3.05. The van der Waals surface area contributed by atoms with E-state index in [2.05, 4.69) is 42.9 Å². The third-order valence-corrected chi connectivity index (χ3v) is 5.45. The molecule has 0 saturated heterocycles. The first-order valence-electron chi connectivity index (χ1n) is 8.73. The van der Waals surface area contributed by atoms with E-state index in [1.54, 1.807) is 6.20 Å². The first-order chi connectivity index (χ1) is 12.6. The van der Waals surface area contributed by atoms with Crippen molar-refractivity contribution < 1.29 is 4.79 Å². The predicted molar refractivity (Wildman–Crippen MR) is 106 cm³/mol. The fourth-order valence-corrected chi connectivity index (χ4v) is 3.52. The molecule has 1 fully saturated rings. The minimum Gasteiger partial charge on any atom is -0.331 e. The van der Waals surface area contributed by atoms with Gasteiger partial charge in [-0.3, -0.25) is 4.79 Å². The van der Waals surface area contributed by atoms with Gasteiger partial charge in [-0.15, -0.1) is 0 Å². The fraction of sp³-hybridized carbons (Fsp3) is 0.238. The van der Waals surface area contributed by atoms with E-state index in [0.29, 0.717) is 5.92 Å². The molecule has 2 unspecified atom stereocenters. The molecule has 1 amide bonds. The maximum Gasteiger partial charge on any atom is 0.228 e. The summed E-state index contributed by atoms with van der Waals surface area (Å²) in [7, 11) is 0. The first-order valence-corrected chi connectivity index (χ1v) is 9.52. The Hall–Kier alpha value is -2.40. The van der Waals surface area contributed by atoms with Gasteiger partial charge in [0.2, 0.25) is 5.91 Å². The summed E-state index contributed by atoms with van der Waals surface area (Å²) >= 11 is 3.45. The van der Waals surface area contributed by atoms with Crippen LogP contribution in [0.3, 0.4) is 0 Å². The molecule has 4 nitrogen and oxygen atoms in total. The summed E-state index contributed by atoms with van der Waals surface area (Å²) in [6.45, 7) is 2.78. The lowest BCUT2D eigenvalue weighted by molar-refractivity contribution is -0.117. The van der Waals surface area contributed by atoms with Gasteiger partial charge < -0.3 is 9.88 Å². The summed E-state index contributed by atoms with van der Waals surface area (Å²) in [6, 6.07) is 16.3. The van der Waals surface area contributed by atoms with Crippen LogP contribution < -0.4 is 5.32 Å². The third kappa shape index (κ3) is 3.73. The van der Waals surface area contributed by atoms with Gasteiger partial charge in [-0.05, 0) is 54.7 Å². The van der Waals surface area contributed by atoms with E-state index >= 15 is 0 Å². The van der Waals surface area contributed by atoms with Crippen molar-refractivity contribution in [3.8, 4) is 0 Å². The van der Waals surface area contributed by atoms with Crippen molar-refractivity contribution in [1.29, 1.82) is 0 Å². The van der Waals surface area contributed by atoms with Crippen LogP contribution >= 0.6 is 15.9 Å². The van der Waals surface area contributed by atoms with Gasteiger partial charge in [-0.1, -0.05) is 40.2 Å². The zero-order valence-corrected chi connectivity index (χ0v) is 16.1. The van der Waals surface area contributed by atoms with Crippen molar-refractivity contribution in [3.63, 3.8) is 0 Å². The molecule has 4 rings (SSSR count). The Morgan fingerprint density at radius 3 is 2.58 bits per heavy atom. The Labute approximate surface area is 161 Å². The number of aromatic nitrogens is 2. The molecular formula is C21H20BrN3O. The minimum absolute atomic E-state index is 0.0736. The zero-order chi connectivity index (χ0) is 18.1. The fourth-order valence-electron chi connectivity index (χ4n) is 3.26. The van der Waals surface area contributed by atoms with Gasteiger partial charge in [0, 0.05) is 35.0 Å². The molecule has 1 aromatic heterocycles. The monoisotopic (exact) mass is 409 g/mol. The second-order valence-electron chi connectivity index (χ2n) is 6.79. The maximum absolute atomic E-state index is 12.5. The van der Waals surface area contributed by atoms with Crippen LogP contribution in [0.15, 0.2) is 65.4 Å². The van der Waals surface area contributed by atoms with Gasteiger partial charge in [-0.25, -0.2) is 4.98 Å². The molecule has 3 aromatic rings. The molecule has 26 heavy (non-hydrogen) atoms. The van der Waals surface area contributed by atoms with E-state index in [1.807, 2.05) is 49.5 Å². The normalized spacial score (nSPS) is 18.5. The lowest BCUT2D eigenvalue weighted by Crippen LogP contribution is -2.14. The van der Waals surface area contributed by atoms with Crippen molar-refractivity contribution in [2.45, 2.75) is 25.8 Å². The molecular weight excluding hydrogens is 390 g/mol. The van der Waals surface area contributed by atoms with Gasteiger partial charge in [0.1, 0.15) is 5.82 Å². The smallest absolute Gasteiger partial charge is 0.228 e. The number of nitrogens with one attached hydrogen (secondary N) is 1. The van der Waals surface area contributed by atoms with Gasteiger partial charge in [-0.2, -0.15) is 0 Å².